The summed E-state index contributed by atoms with van der Waals surface area (Å²) in [6.07, 6.45) is 0.888. The molecule has 0 radical (unpaired) electrons. The topological polar surface area (TPSA) is 11.4 Å². The first kappa shape index (κ1) is 34.7. The molecule has 0 saturated heterocycles. The summed E-state index contributed by atoms with van der Waals surface area (Å²) in [5.74, 6) is 0.481. The van der Waals surface area contributed by atoms with Gasteiger partial charge >= 0.3 is 0 Å². The van der Waals surface area contributed by atoms with Gasteiger partial charge in [0, 0.05) is 68.7 Å². The Hall–Kier alpha value is -6.06. The summed E-state index contributed by atoms with van der Waals surface area (Å²) in [5, 5.41) is 2.66. The van der Waals surface area contributed by atoms with Gasteiger partial charge in [-0.3, -0.25) is 0 Å². The van der Waals surface area contributed by atoms with E-state index in [9.17, 15) is 0 Å². The number of fused-ring (bicyclic) bond motifs is 5. The zero-order valence-corrected chi connectivity index (χ0v) is 32.8. The minimum absolute atomic E-state index is 0.0820. The lowest BCUT2D eigenvalue weighted by atomic mass is 9.73. The van der Waals surface area contributed by atoms with Gasteiger partial charge in [0.15, 0.2) is 0 Å². The molecule has 2 heterocycles. The van der Waals surface area contributed by atoms with Crippen molar-refractivity contribution in [2.45, 2.75) is 58.4 Å². The van der Waals surface area contributed by atoms with Crippen molar-refractivity contribution in [2.75, 3.05) is 9.80 Å². The molecule has 0 bridgehead atoms. The molecule has 0 aliphatic carbocycles. The van der Waals surface area contributed by atoms with E-state index < -0.39 is 0 Å². The van der Waals surface area contributed by atoms with Crippen LogP contribution in [0.2, 0.25) is 0 Å². The summed E-state index contributed by atoms with van der Waals surface area (Å²) in [6, 6.07) is 60.8. The maximum absolute atomic E-state index is 2.60. The maximum Gasteiger partial charge on any atom is 0.0497 e. The standard InChI is InChI=1S/C52H49N3/c1-35(2)37-27-29-42(30-28-37)55(41-18-8-7-9-19-41)43-20-16-17-38(33-43)39-32-40(51-44-21-10-13-24-47(44)53(6)50(51)34-39)31-36(3)54-48-25-14-11-22-45(48)52(4,5)46-23-12-15-26-49(46)54/h7-30,32-36H,31H2,1-6H3. The predicted molar refractivity (Wildman–Crippen MR) is 235 cm³/mol. The van der Waals surface area contributed by atoms with Crippen LogP contribution in [0.1, 0.15) is 62.8 Å². The quantitative estimate of drug-likeness (QED) is 0.155. The molecule has 1 aliphatic rings. The molecule has 9 rings (SSSR count). The first-order valence-corrected chi connectivity index (χ1v) is 19.7. The van der Waals surface area contributed by atoms with Gasteiger partial charge in [0.25, 0.3) is 0 Å². The molecule has 1 atom stereocenters. The average molecular weight is 716 g/mol. The van der Waals surface area contributed by atoms with E-state index in [4.69, 9.17) is 0 Å². The lowest BCUT2D eigenvalue weighted by molar-refractivity contribution is 0.603. The van der Waals surface area contributed by atoms with Crippen molar-refractivity contribution in [3.63, 3.8) is 0 Å². The smallest absolute Gasteiger partial charge is 0.0497 e. The van der Waals surface area contributed by atoms with Gasteiger partial charge in [-0.05, 0) is 113 Å². The van der Waals surface area contributed by atoms with Crippen LogP contribution in [0, 0.1) is 0 Å². The van der Waals surface area contributed by atoms with E-state index in [0.717, 1.165) is 23.5 Å². The summed E-state index contributed by atoms with van der Waals surface area (Å²) in [6.45, 7) is 11.6. The van der Waals surface area contributed by atoms with Crippen molar-refractivity contribution in [3.05, 3.63) is 186 Å². The molecule has 0 N–H and O–H groups in total. The molecule has 1 aliphatic heterocycles. The second-order valence-corrected chi connectivity index (χ2v) is 16.2. The summed E-state index contributed by atoms with van der Waals surface area (Å²) in [4.78, 5) is 4.97. The number of hydrogen-bond donors (Lipinski definition) is 0. The second kappa shape index (κ2) is 13.7. The van der Waals surface area contributed by atoms with Crippen LogP contribution in [0.15, 0.2) is 164 Å². The Morgan fingerprint density at radius 2 is 1.15 bits per heavy atom. The Bertz CT molecular complexity index is 2610. The molecule has 1 aromatic heterocycles. The number of aryl methyl sites for hydroxylation is 1. The van der Waals surface area contributed by atoms with Gasteiger partial charge in [-0.2, -0.15) is 0 Å². The molecule has 0 amide bonds. The highest BCUT2D eigenvalue weighted by molar-refractivity contribution is 6.11. The maximum atomic E-state index is 2.60. The van der Waals surface area contributed by atoms with E-state index in [2.05, 4.69) is 220 Å². The molecule has 0 spiro atoms. The fraction of sp³-hybridized carbons (Fsp3) is 0.192. The highest BCUT2D eigenvalue weighted by atomic mass is 15.2. The van der Waals surface area contributed by atoms with Gasteiger partial charge in [-0.1, -0.05) is 131 Å². The van der Waals surface area contributed by atoms with Crippen molar-refractivity contribution < 1.29 is 0 Å². The van der Waals surface area contributed by atoms with Crippen LogP contribution in [0.5, 0.6) is 0 Å². The van der Waals surface area contributed by atoms with Crippen LogP contribution in [-0.2, 0) is 18.9 Å². The van der Waals surface area contributed by atoms with Crippen molar-refractivity contribution in [3.8, 4) is 11.1 Å². The van der Waals surface area contributed by atoms with E-state index in [1.54, 1.807) is 0 Å². The monoisotopic (exact) mass is 715 g/mol. The first-order chi connectivity index (χ1) is 26.7. The number of anilines is 5. The van der Waals surface area contributed by atoms with Crippen molar-refractivity contribution >= 4 is 50.2 Å². The third kappa shape index (κ3) is 5.90. The van der Waals surface area contributed by atoms with E-state index in [1.165, 1.54) is 66.6 Å². The molecule has 272 valence electrons. The van der Waals surface area contributed by atoms with Crippen LogP contribution in [0.25, 0.3) is 32.9 Å². The SMILES string of the molecule is CC(C)c1ccc(N(c2ccccc2)c2cccc(-c3cc(CC(C)N4c5ccccc5C(C)(C)c5ccccc54)c4c5ccccc5n(C)c4c3)c2)cc1. The van der Waals surface area contributed by atoms with E-state index in [0.29, 0.717) is 5.92 Å². The molecule has 3 heteroatoms. The fourth-order valence-electron chi connectivity index (χ4n) is 9.14. The summed E-state index contributed by atoms with van der Waals surface area (Å²) in [7, 11) is 2.22. The highest BCUT2D eigenvalue weighted by Crippen LogP contribution is 2.50. The lowest BCUT2D eigenvalue weighted by Crippen LogP contribution is -2.38. The van der Waals surface area contributed by atoms with Crippen LogP contribution in [0.3, 0.4) is 0 Å². The van der Waals surface area contributed by atoms with E-state index >= 15 is 0 Å². The summed E-state index contributed by atoms with van der Waals surface area (Å²) >= 11 is 0. The van der Waals surface area contributed by atoms with Crippen LogP contribution in [-0.4, -0.2) is 10.6 Å². The average Bonchev–Trinajstić information content (AvgIpc) is 3.50. The zero-order valence-electron chi connectivity index (χ0n) is 32.8. The summed E-state index contributed by atoms with van der Waals surface area (Å²) in [5.41, 5.74) is 16.4. The Labute approximate surface area is 326 Å². The number of para-hydroxylation sites is 4. The molecular formula is C52H49N3. The Morgan fingerprint density at radius 1 is 0.545 bits per heavy atom. The van der Waals surface area contributed by atoms with E-state index in [1.807, 2.05) is 0 Å². The van der Waals surface area contributed by atoms with Crippen LogP contribution < -0.4 is 9.80 Å². The molecule has 0 fully saturated rings. The largest absolute Gasteiger partial charge is 0.344 e. The summed E-state index contributed by atoms with van der Waals surface area (Å²) < 4.78 is 2.38. The number of aromatic nitrogens is 1. The minimum atomic E-state index is -0.0820. The van der Waals surface area contributed by atoms with Crippen LogP contribution >= 0.6 is 0 Å². The molecule has 8 aromatic rings. The fourth-order valence-corrected chi connectivity index (χ4v) is 9.14. The van der Waals surface area contributed by atoms with E-state index in [-0.39, 0.29) is 11.5 Å². The van der Waals surface area contributed by atoms with Gasteiger partial charge in [-0.25, -0.2) is 0 Å². The molecule has 3 nitrogen and oxygen atoms in total. The zero-order chi connectivity index (χ0) is 37.8. The first-order valence-electron chi connectivity index (χ1n) is 19.7. The van der Waals surface area contributed by atoms with Crippen molar-refractivity contribution in [2.24, 2.45) is 7.05 Å². The predicted octanol–water partition coefficient (Wildman–Crippen LogP) is 14.0. The second-order valence-electron chi connectivity index (χ2n) is 16.2. The molecule has 55 heavy (non-hydrogen) atoms. The van der Waals surface area contributed by atoms with Gasteiger partial charge in [0.2, 0.25) is 0 Å². The van der Waals surface area contributed by atoms with Gasteiger partial charge < -0.3 is 14.4 Å². The third-order valence-electron chi connectivity index (χ3n) is 12.0. The number of nitrogens with zero attached hydrogens (tertiary/aromatic N) is 3. The molecule has 1 unspecified atom stereocenters. The molecular weight excluding hydrogens is 667 g/mol. The van der Waals surface area contributed by atoms with Crippen LogP contribution in [0.4, 0.5) is 28.4 Å². The molecule has 7 aromatic carbocycles. The van der Waals surface area contributed by atoms with Crippen molar-refractivity contribution in [1.29, 1.82) is 0 Å². The minimum Gasteiger partial charge on any atom is -0.344 e. The normalized spacial score (nSPS) is 13.9. The number of hydrogen-bond acceptors (Lipinski definition) is 2. The van der Waals surface area contributed by atoms with Gasteiger partial charge in [0.05, 0.1) is 0 Å². The highest BCUT2D eigenvalue weighted by Gasteiger charge is 2.37. The Kier molecular flexibility index (Phi) is 8.62. The lowest BCUT2D eigenvalue weighted by Gasteiger charge is -2.44. The Morgan fingerprint density at radius 3 is 1.84 bits per heavy atom. The van der Waals surface area contributed by atoms with Gasteiger partial charge in [0.1, 0.15) is 0 Å². The number of rotatable bonds is 8. The van der Waals surface area contributed by atoms with Gasteiger partial charge in [-0.15, -0.1) is 0 Å². The Balaban J connectivity index is 1.19. The van der Waals surface area contributed by atoms with Crippen molar-refractivity contribution in [1.82, 2.24) is 4.57 Å². The number of benzene rings is 7. The third-order valence-corrected chi connectivity index (χ3v) is 12.0. The molecule has 0 saturated carbocycles.